The van der Waals surface area contributed by atoms with Crippen molar-refractivity contribution < 1.29 is 4.79 Å². The number of benzene rings is 2. The van der Waals surface area contributed by atoms with Crippen LogP contribution in [0, 0.1) is 0 Å². The van der Waals surface area contributed by atoms with Crippen molar-refractivity contribution in [3.8, 4) is 11.3 Å². The van der Waals surface area contributed by atoms with Crippen LogP contribution in [0.3, 0.4) is 0 Å². The lowest BCUT2D eigenvalue weighted by atomic mass is 10.1. The van der Waals surface area contributed by atoms with Crippen molar-refractivity contribution in [1.29, 1.82) is 0 Å². The summed E-state index contributed by atoms with van der Waals surface area (Å²) >= 11 is 0. The number of hydrogen-bond donors (Lipinski definition) is 1. The molecule has 0 saturated carbocycles. The van der Waals surface area contributed by atoms with Gasteiger partial charge in [0.15, 0.2) is 0 Å². The minimum absolute atomic E-state index is 0.134. The van der Waals surface area contributed by atoms with Crippen LogP contribution >= 0.6 is 0 Å². The van der Waals surface area contributed by atoms with Gasteiger partial charge in [0.2, 0.25) is 5.91 Å². The van der Waals surface area contributed by atoms with Gasteiger partial charge in [-0.2, -0.15) is 4.79 Å². The summed E-state index contributed by atoms with van der Waals surface area (Å²) < 4.78 is 0. The second kappa shape index (κ2) is 6.00. The minimum atomic E-state index is -0.134. The molecule has 0 spiro atoms. The maximum atomic E-state index is 11.9. The predicted octanol–water partition coefficient (Wildman–Crippen LogP) is 2.26. The Bertz CT molecular complexity index is 722. The molecule has 0 saturated heterocycles. The molecule has 1 heterocycles. The second-order valence-corrected chi connectivity index (χ2v) is 4.61. The van der Waals surface area contributed by atoms with Crippen LogP contribution in [0.15, 0.2) is 66.9 Å². The number of nitrogens with zero attached hydrogens (tertiary/aromatic N) is 3. The van der Waals surface area contributed by atoms with Gasteiger partial charge >= 0.3 is 0 Å². The zero-order valence-corrected chi connectivity index (χ0v) is 11.3. The summed E-state index contributed by atoms with van der Waals surface area (Å²) in [5.41, 5.74) is 5.32. The summed E-state index contributed by atoms with van der Waals surface area (Å²) in [6, 6.07) is 19.3. The average molecular weight is 278 g/mol. The summed E-state index contributed by atoms with van der Waals surface area (Å²) in [5, 5.41) is 7.95. The van der Waals surface area contributed by atoms with Gasteiger partial charge in [0, 0.05) is 5.56 Å². The van der Waals surface area contributed by atoms with E-state index in [0.29, 0.717) is 6.42 Å². The first-order valence-corrected chi connectivity index (χ1v) is 6.63. The molecule has 0 fully saturated rings. The average Bonchev–Trinajstić information content (AvgIpc) is 2.97. The molecule has 5 heteroatoms. The van der Waals surface area contributed by atoms with E-state index in [2.05, 4.69) is 15.7 Å². The van der Waals surface area contributed by atoms with Crippen LogP contribution in [-0.2, 0) is 11.2 Å². The van der Waals surface area contributed by atoms with Crippen molar-refractivity contribution in [2.24, 2.45) is 0 Å². The lowest BCUT2D eigenvalue weighted by molar-refractivity contribution is -0.116. The van der Waals surface area contributed by atoms with Gasteiger partial charge in [0.25, 0.3) is 0 Å². The largest absolute Gasteiger partial charge is 0.273 e. The Labute approximate surface area is 122 Å². The molecule has 0 aliphatic rings. The maximum Gasteiger partial charge on any atom is 0.244 e. The molecule has 2 aromatic carbocycles. The standard InChI is InChI=1S/C16H14N4O/c21-16(11-13-7-3-1-4-8-13)18-20-12-15(17-19-20)14-9-5-2-6-10-14/h1-10,12H,11H2,(H,18,21). The fourth-order valence-electron chi connectivity index (χ4n) is 2.01. The van der Waals surface area contributed by atoms with E-state index in [9.17, 15) is 4.79 Å². The van der Waals surface area contributed by atoms with Gasteiger partial charge in [-0.05, 0) is 10.8 Å². The predicted molar refractivity (Wildman–Crippen MR) is 80.0 cm³/mol. The first-order valence-electron chi connectivity index (χ1n) is 6.63. The van der Waals surface area contributed by atoms with Crippen molar-refractivity contribution in [2.45, 2.75) is 6.42 Å². The molecule has 0 unspecified atom stereocenters. The van der Waals surface area contributed by atoms with E-state index in [1.807, 2.05) is 60.7 Å². The zero-order chi connectivity index (χ0) is 14.5. The van der Waals surface area contributed by atoms with E-state index in [1.54, 1.807) is 6.20 Å². The molecule has 1 aromatic heterocycles. The molecular formula is C16H14N4O. The fourth-order valence-corrected chi connectivity index (χ4v) is 2.01. The Morgan fingerprint density at radius 2 is 1.67 bits per heavy atom. The summed E-state index contributed by atoms with van der Waals surface area (Å²) in [6.45, 7) is 0. The first-order chi connectivity index (χ1) is 10.3. The number of hydrogen-bond acceptors (Lipinski definition) is 3. The Morgan fingerprint density at radius 3 is 2.38 bits per heavy atom. The Balaban J connectivity index is 1.66. The highest BCUT2D eigenvalue weighted by Crippen LogP contribution is 2.14. The first kappa shape index (κ1) is 13.1. The van der Waals surface area contributed by atoms with Gasteiger partial charge < -0.3 is 0 Å². The van der Waals surface area contributed by atoms with E-state index in [4.69, 9.17) is 0 Å². The topological polar surface area (TPSA) is 59.8 Å². The van der Waals surface area contributed by atoms with Crippen molar-refractivity contribution in [1.82, 2.24) is 15.1 Å². The Morgan fingerprint density at radius 1 is 1.00 bits per heavy atom. The molecule has 0 atom stereocenters. The number of carbonyl (C=O) groups is 1. The number of carbonyl (C=O) groups excluding carboxylic acids is 1. The normalized spacial score (nSPS) is 10.3. The fraction of sp³-hybridized carbons (Fsp3) is 0.0625. The highest BCUT2D eigenvalue weighted by Gasteiger charge is 2.07. The monoisotopic (exact) mass is 278 g/mol. The molecule has 104 valence electrons. The van der Waals surface area contributed by atoms with E-state index in [1.165, 1.54) is 4.79 Å². The number of amides is 1. The lowest BCUT2D eigenvalue weighted by Gasteiger charge is -2.03. The molecule has 1 amide bonds. The highest BCUT2D eigenvalue weighted by molar-refractivity contribution is 5.85. The van der Waals surface area contributed by atoms with Crippen molar-refractivity contribution in [3.63, 3.8) is 0 Å². The van der Waals surface area contributed by atoms with E-state index >= 15 is 0 Å². The number of nitrogens with one attached hydrogen (secondary N) is 1. The lowest BCUT2D eigenvalue weighted by Crippen LogP contribution is -2.24. The molecule has 0 aliphatic heterocycles. The van der Waals surface area contributed by atoms with Gasteiger partial charge in [-0.15, -0.1) is 5.10 Å². The van der Waals surface area contributed by atoms with Crippen LogP contribution < -0.4 is 5.43 Å². The van der Waals surface area contributed by atoms with Crippen LogP contribution in [0.5, 0.6) is 0 Å². The summed E-state index contributed by atoms with van der Waals surface area (Å²) in [6.07, 6.45) is 2.00. The minimum Gasteiger partial charge on any atom is -0.273 e. The van der Waals surface area contributed by atoms with Crippen molar-refractivity contribution in [2.75, 3.05) is 5.43 Å². The Hall–Kier alpha value is -2.95. The van der Waals surface area contributed by atoms with E-state index in [0.717, 1.165) is 16.8 Å². The van der Waals surface area contributed by atoms with Gasteiger partial charge in [-0.25, -0.2) is 5.43 Å². The maximum absolute atomic E-state index is 11.9. The molecule has 0 bridgehead atoms. The van der Waals surface area contributed by atoms with E-state index in [-0.39, 0.29) is 5.91 Å². The van der Waals surface area contributed by atoms with Gasteiger partial charge in [0.05, 0.1) is 12.6 Å². The van der Waals surface area contributed by atoms with Crippen LogP contribution in [0.4, 0.5) is 0 Å². The smallest absolute Gasteiger partial charge is 0.244 e. The third-order valence-corrected chi connectivity index (χ3v) is 3.01. The number of aromatic nitrogens is 3. The van der Waals surface area contributed by atoms with Gasteiger partial charge in [-0.1, -0.05) is 60.7 Å². The molecule has 21 heavy (non-hydrogen) atoms. The summed E-state index contributed by atoms with van der Waals surface area (Å²) in [7, 11) is 0. The van der Waals surface area contributed by atoms with Crippen LogP contribution in [0.1, 0.15) is 5.56 Å². The molecule has 0 radical (unpaired) electrons. The van der Waals surface area contributed by atoms with Gasteiger partial charge in [-0.3, -0.25) is 4.79 Å². The zero-order valence-electron chi connectivity index (χ0n) is 11.3. The molecule has 5 nitrogen and oxygen atoms in total. The highest BCUT2D eigenvalue weighted by atomic mass is 16.2. The SMILES string of the molecule is O=C(Cc1ccccc1)Nn1cc(-c2ccccc2)nn1. The van der Waals surface area contributed by atoms with Crippen molar-refractivity contribution >= 4 is 5.91 Å². The van der Waals surface area contributed by atoms with E-state index < -0.39 is 0 Å². The molecule has 1 N–H and O–H groups in total. The second-order valence-electron chi connectivity index (χ2n) is 4.61. The third kappa shape index (κ3) is 3.33. The third-order valence-electron chi connectivity index (χ3n) is 3.01. The van der Waals surface area contributed by atoms with Gasteiger partial charge in [0.1, 0.15) is 5.69 Å². The Kier molecular flexibility index (Phi) is 3.73. The van der Waals surface area contributed by atoms with Crippen LogP contribution in [0.2, 0.25) is 0 Å². The molecule has 3 rings (SSSR count). The molecule has 3 aromatic rings. The summed E-state index contributed by atoms with van der Waals surface area (Å²) in [5.74, 6) is -0.134. The molecule has 0 aliphatic carbocycles. The van der Waals surface area contributed by atoms with Crippen LogP contribution in [-0.4, -0.2) is 21.0 Å². The van der Waals surface area contributed by atoms with Crippen LogP contribution in [0.25, 0.3) is 11.3 Å². The number of rotatable bonds is 4. The quantitative estimate of drug-likeness (QED) is 0.796. The summed E-state index contributed by atoms with van der Waals surface area (Å²) in [4.78, 5) is 13.3. The molecular weight excluding hydrogens is 264 g/mol. The van der Waals surface area contributed by atoms with Crippen molar-refractivity contribution in [3.05, 3.63) is 72.4 Å².